The quantitative estimate of drug-likeness (QED) is 0.682. The number of nitrogens with one attached hydrogen (secondary N) is 1. The molecule has 0 saturated carbocycles. The summed E-state index contributed by atoms with van der Waals surface area (Å²) in [5.74, 6) is -0.419. The van der Waals surface area contributed by atoms with Gasteiger partial charge in [0.1, 0.15) is 12.6 Å². The topological polar surface area (TPSA) is 114 Å². The highest BCUT2D eigenvalue weighted by molar-refractivity contribution is 6.31. The summed E-state index contributed by atoms with van der Waals surface area (Å²) < 4.78 is 1.45. The maximum Gasteiger partial charge on any atom is 0.270 e. The third-order valence-corrected chi connectivity index (χ3v) is 3.74. The number of aromatic nitrogens is 2. The molecule has 0 aliphatic heterocycles. The fourth-order valence-electron chi connectivity index (χ4n) is 2.00. The Balaban J connectivity index is 2.19. The molecular formula is C14H12ClN5O3. The van der Waals surface area contributed by atoms with Crippen molar-refractivity contribution in [3.8, 4) is 6.07 Å². The Bertz CT molecular complexity index is 838. The molecule has 0 unspecified atom stereocenters. The van der Waals surface area contributed by atoms with Crippen LogP contribution >= 0.6 is 11.6 Å². The number of carbonyl (C=O) groups excluding carboxylic acids is 1. The van der Waals surface area contributed by atoms with Gasteiger partial charge in [-0.2, -0.15) is 10.4 Å². The molecule has 118 valence electrons. The Morgan fingerprint density at radius 1 is 1.52 bits per heavy atom. The van der Waals surface area contributed by atoms with E-state index in [0.29, 0.717) is 16.4 Å². The van der Waals surface area contributed by atoms with E-state index in [1.807, 2.05) is 6.07 Å². The zero-order valence-electron chi connectivity index (χ0n) is 12.3. The fraction of sp³-hybridized carbons (Fsp3) is 0.214. The molecule has 1 N–H and O–H groups in total. The van der Waals surface area contributed by atoms with Crippen LogP contribution < -0.4 is 5.32 Å². The minimum atomic E-state index is -0.607. The van der Waals surface area contributed by atoms with Gasteiger partial charge in [0, 0.05) is 12.1 Å². The Hall–Kier alpha value is -2.92. The molecular weight excluding hydrogens is 322 g/mol. The molecule has 1 aromatic carbocycles. The molecule has 0 fully saturated rings. The van der Waals surface area contributed by atoms with E-state index in [0.717, 1.165) is 6.07 Å². The number of carbonyl (C=O) groups is 1. The van der Waals surface area contributed by atoms with Gasteiger partial charge in [-0.25, -0.2) is 0 Å². The minimum Gasteiger partial charge on any atom is -0.323 e. The van der Waals surface area contributed by atoms with Crippen LogP contribution in [0.15, 0.2) is 18.2 Å². The highest BCUT2D eigenvalue weighted by atomic mass is 35.5. The molecule has 0 radical (unpaired) electrons. The number of amides is 1. The number of aryl methyl sites for hydroxylation is 1. The van der Waals surface area contributed by atoms with Crippen molar-refractivity contribution in [3.63, 3.8) is 0 Å². The van der Waals surface area contributed by atoms with Gasteiger partial charge in [0.15, 0.2) is 0 Å². The van der Waals surface area contributed by atoms with Crippen LogP contribution in [0.25, 0.3) is 0 Å². The third kappa shape index (κ3) is 3.46. The zero-order chi connectivity index (χ0) is 17.1. The minimum absolute atomic E-state index is 0.0129. The van der Waals surface area contributed by atoms with Crippen LogP contribution in [0, 0.1) is 35.3 Å². The number of non-ortho nitro benzene ring substituents is 1. The van der Waals surface area contributed by atoms with Crippen molar-refractivity contribution in [2.45, 2.75) is 20.4 Å². The molecule has 1 aromatic heterocycles. The molecule has 9 heteroatoms. The molecule has 8 nitrogen and oxygen atoms in total. The van der Waals surface area contributed by atoms with Crippen molar-refractivity contribution in [2.75, 3.05) is 5.32 Å². The molecule has 0 spiro atoms. The van der Waals surface area contributed by atoms with Crippen LogP contribution in [0.3, 0.4) is 0 Å². The van der Waals surface area contributed by atoms with E-state index in [1.165, 1.54) is 16.8 Å². The van der Waals surface area contributed by atoms with E-state index in [-0.39, 0.29) is 23.5 Å². The maximum absolute atomic E-state index is 12.1. The molecule has 0 aliphatic rings. The van der Waals surface area contributed by atoms with E-state index in [9.17, 15) is 14.9 Å². The smallest absolute Gasteiger partial charge is 0.270 e. The van der Waals surface area contributed by atoms with Crippen molar-refractivity contribution in [1.82, 2.24) is 9.78 Å². The van der Waals surface area contributed by atoms with Crippen LogP contribution in [0.5, 0.6) is 0 Å². The van der Waals surface area contributed by atoms with E-state index < -0.39 is 10.8 Å². The predicted molar refractivity (Wildman–Crippen MR) is 83.2 cm³/mol. The fourth-order valence-corrected chi connectivity index (χ4v) is 2.14. The first-order chi connectivity index (χ1) is 10.8. The number of nitrogens with zero attached hydrogens (tertiary/aromatic N) is 4. The second-order valence-corrected chi connectivity index (χ2v) is 5.17. The molecule has 0 aliphatic carbocycles. The van der Waals surface area contributed by atoms with Gasteiger partial charge in [0.25, 0.3) is 5.69 Å². The molecule has 0 saturated heterocycles. The normalized spacial score (nSPS) is 10.2. The average Bonchev–Trinajstić information content (AvgIpc) is 2.74. The van der Waals surface area contributed by atoms with Gasteiger partial charge < -0.3 is 5.32 Å². The van der Waals surface area contributed by atoms with Crippen LogP contribution in [-0.4, -0.2) is 20.6 Å². The van der Waals surface area contributed by atoms with Crippen molar-refractivity contribution in [3.05, 3.63) is 50.3 Å². The number of nitro groups is 1. The summed E-state index contributed by atoms with van der Waals surface area (Å²) in [6.07, 6.45) is 0. The number of anilines is 1. The highest BCUT2D eigenvalue weighted by Crippen LogP contribution is 2.22. The third-order valence-electron chi connectivity index (χ3n) is 3.20. The number of nitriles is 1. The largest absolute Gasteiger partial charge is 0.323 e. The lowest BCUT2D eigenvalue weighted by Gasteiger charge is -2.08. The molecule has 0 atom stereocenters. The summed E-state index contributed by atoms with van der Waals surface area (Å²) in [6.45, 7) is 3.39. The average molecular weight is 334 g/mol. The van der Waals surface area contributed by atoms with Gasteiger partial charge in [0.2, 0.25) is 5.91 Å². The first kappa shape index (κ1) is 16.5. The number of hydrogen-bond acceptors (Lipinski definition) is 5. The SMILES string of the molecule is Cc1nn(CC(=O)Nc2ccc([N+](=O)[O-])cc2C#N)c(C)c1Cl. The molecule has 2 aromatic rings. The Labute approximate surface area is 136 Å². The van der Waals surface area contributed by atoms with Crippen molar-refractivity contribution < 1.29 is 9.72 Å². The van der Waals surface area contributed by atoms with E-state index >= 15 is 0 Å². The standard InChI is InChI=1S/C14H12ClN5O3/c1-8-14(15)9(2)19(18-8)7-13(21)17-12-4-3-11(20(22)23)5-10(12)6-16/h3-5H,7H2,1-2H3,(H,17,21). The van der Waals surface area contributed by atoms with Gasteiger partial charge in [0.05, 0.1) is 32.6 Å². The van der Waals surface area contributed by atoms with Crippen molar-refractivity contribution in [2.24, 2.45) is 0 Å². The Morgan fingerprint density at radius 3 is 2.74 bits per heavy atom. The lowest BCUT2D eigenvalue weighted by Crippen LogP contribution is -2.20. The summed E-state index contributed by atoms with van der Waals surface area (Å²) in [6, 6.07) is 5.47. The van der Waals surface area contributed by atoms with Gasteiger partial charge in [-0.1, -0.05) is 11.6 Å². The second-order valence-electron chi connectivity index (χ2n) is 4.79. The lowest BCUT2D eigenvalue weighted by molar-refractivity contribution is -0.384. The van der Waals surface area contributed by atoms with Gasteiger partial charge in [-0.15, -0.1) is 0 Å². The first-order valence-electron chi connectivity index (χ1n) is 6.51. The lowest BCUT2D eigenvalue weighted by atomic mass is 10.1. The summed E-state index contributed by atoms with van der Waals surface area (Å²) in [5.41, 5.74) is 1.27. The molecule has 1 heterocycles. The zero-order valence-corrected chi connectivity index (χ0v) is 13.1. The first-order valence-corrected chi connectivity index (χ1v) is 6.89. The number of benzene rings is 1. The van der Waals surface area contributed by atoms with Crippen molar-refractivity contribution in [1.29, 1.82) is 5.26 Å². The van der Waals surface area contributed by atoms with Crippen LogP contribution in [0.2, 0.25) is 5.02 Å². The molecule has 0 bridgehead atoms. The predicted octanol–water partition coefficient (Wildman–Crippen LogP) is 2.57. The summed E-state index contributed by atoms with van der Waals surface area (Å²) in [4.78, 5) is 22.2. The monoisotopic (exact) mass is 333 g/mol. The van der Waals surface area contributed by atoms with Crippen LogP contribution in [0.4, 0.5) is 11.4 Å². The van der Waals surface area contributed by atoms with E-state index in [1.54, 1.807) is 13.8 Å². The van der Waals surface area contributed by atoms with Crippen LogP contribution in [-0.2, 0) is 11.3 Å². The van der Waals surface area contributed by atoms with Gasteiger partial charge in [-0.05, 0) is 19.9 Å². The van der Waals surface area contributed by atoms with Gasteiger partial charge >= 0.3 is 0 Å². The molecule has 2 rings (SSSR count). The summed E-state index contributed by atoms with van der Waals surface area (Å²) in [7, 11) is 0. The van der Waals surface area contributed by atoms with E-state index in [2.05, 4.69) is 10.4 Å². The van der Waals surface area contributed by atoms with E-state index in [4.69, 9.17) is 16.9 Å². The van der Waals surface area contributed by atoms with Gasteiger partial charge in [-0.3, -0.25) is 19.6 Å². The number of rotatable bonds is 4. The molecule has 1 amide bonds. The van der Waals surface area contributed by atoms with Crippen molar-refractivity contribution >= 4 is 28.9 Å². The van der Waals surface area contributed by atoms with Crippen LogP contribution in [0.1, 0.15) is 17.0 Å². The maximum atomic E-state index is 12.1. The Morgan fingerprint density at radius 2 is 2.22 bits per heavy atom. The Kier molecular flexibility index (Phi) is 4.62. The second kappa shape index (κ2) is 6.46. The number of halogens is 1. The number of hydrogen-bond donors (Lipinski definition) is 1. The summed E-state index contributed by atoms with van der Waals surface area (Å²) in [5, 5.41) is 26.9. The highest BCUT2D eigenvalue weighted by Gasteiger charge is 2.15. The number of nitro benzene ring substituents is 1. The summed E-state index contributed by atoms with van der Waals surface area (Å²) >= 11 is 6.01. The molecule has 23 heavy (non-hydrogen) atoms.